The number of nitrogens with one attached hydrogen (secondary N) is 2. The number of nitrogens with zero attached hydrogens (tertiary/aromatic N) is 2. The van der Waals surface area contributed by atoms with Gasteiger partial charge in [-0.15, -0.1) is 0 Å². The summed E-state index contributed by atoms with van der Waals surface area (Å²) < 4.78 is 5.16. The number of carbonyl (C=O) groups is 1. The Morgan fingerprint density at radius 3 is 2.64 bits per heavy atom. The van der Waals surface area contributed by atoms with Crippen molar-refractivity contribution < 1.29 is 9.21 Å². The van der Waals surface area contributed by atoms with Gasteiger partial charge >= 0.3 is 0 Å². The number of benzene rings is 1. The van der Waals surface area contributed by atoms with Crippen LogP contribution >= 0.6 is 0 Å². The summed E-state index contributed by atoms with van der Waals surface area (Å²) >= 11 is 0. The molecule has 0 saturated heterocycles. The number of anilines is 1. The third-order valence-electron chi connectivity index (χ3n) is 3.68. The topological polar surface area (TPSA) is 80.0 Å². The third-order valence-corrected chi connectivity index (χ3v) is 3.68. The number of amides is 1. The summed E-state index contributed by atoms with van der Waals surface area (Å²) in [5, 5.41) is 5.95. The van der Waals surface area contributed by atoms with E-state index >= 15 is 0 Å². The van der Waals surface area contributed by atoms with E-state index in [1.165, 1.54) is 11.8 Å². The van der Waals surface area contributed by atoms with Gasteiger partial charge in [0.1, 0.15) is 17.3 Å². The van der Waals surface area contributed by atoms with E-state index in [-0.39, 0.29) is 11.6 Å². The molecule has 0 bridgehead atoms. The number of hydrogen-bond acceptors (Lipinski definition) is 5. The highest BCUT2D eigenvalue weighted by Crippen LogP contribution is 2.05. The highest BCUT2D eigenvalue weighted by molar-refractivity contribution is 5.91. The molecule has 2 N–H and O–H groups in total. The van der Waals surface area contributed by atoms with Crippen LogP contribution in [-0.2, 0) is 13.0 Å². The average molecular weight is 336 g/mol. The highest BCUT2D eigenvalue weighted by atomic mass is 16.3. The van der Waals surface area contributed by atoms with Gasteiger partial charge in [-0.05, 0) is 30.5 Å². The lowest BCUT2D eigenvalue weighted by atomic mass is 10.1. The lowest BCUT2D eigenvalue weighted by Gasteiger charge is -2.06. The molecule has 0 saturated carbocycles. The summed E-state index contributed by atoms with van der Waals surface area (Å²) in [5.74, 6) is 1.08. The van der Waals surface area contributed by atoms with Crippen LogP contribution in [0.5, 0.6) is 0 Å². The van der Waals surface area contributed by atoms with E-state index in [2.05, 4.69) is 32.7 Å². The number of aromatic nitrogens is 2. The molecule has 1 amide bonds. The molecule has 0 fully saturated rings. The lowest BCUT2D eigenvalue weighted by molar-refractivity contribution is 0.0942. The normalized spacial score (nSPS) is 10.4. The van der Waals surface area contributed by atoms with Crippen molar-refractivity contribution in [1.82, 2.24) is 15.3 Å². The molecule has 3 aromatic rings. The van der Waals surface area contributed by atoms with Gasteiger partial charge in [-0.2, -0.15) is 0 Å². The van der Waals surface area contributed by atoms with Gasteiger partial charge in [0.2, 0.25) is 0 Å². The maximum absolute atomic E-state index is 12.0. The van der Waals surface area contributed by atoms with Crippen LogP contribution in [0.4, 0.5) is 5.82 Å². The van der Waals surface area contributed by atoms with Gasteiger partial charge in [0.05, 0.1) is 25.2 Å². The Kier molecular flexibility index (Phi) is 5.77. The van der Waals surface area contributed by atoms with Crippen LogP contribution in [0.1, 0.15) is 28.2 Å². The van der Waals surface area contributed by atoms with Crippen LogP contribution in [0.3, 0.4) is 0 Å². The van der Waals surface area contributed by atoms with Crippen molar-refractivity contribution in [2.75, 3.05) is 11.9 Å². The molecule has 3 rings (SSSR count). The summed E-state index contributed by atoms with van der Waals surface area (Å²) in [6, 6.07) is 13.9. The molecule has 2 aromatic heterocycles. The van der Waals surface area contributed by atoms with Crippen LogP contribution in [0.2, 0.25) is 0 Å². The number of carbonyl (C=O) groups excluding carboxylic acids is 1. The van der Waals surface area contributed by atoms with Crippen LogP contribution < -0.4 is 10.6 Å². The second-order valence-electron chi connectivity index (χ2n) is 5.56. The molecule has 0 atom stereocenters. The first kappa shape index (κ1) is 16.7. The van der Waals surface area contributed by atoms with E-state index in [4.69, 9.17) is 4.42 Å². The summed E-state index contributed by atoms with van der Waals surface area (Å²) in [7, 11) is 0. The van der Waals surface area contributed by atoms with Crippen molar-refractivity contribution in [1.29, 1.82) is 0 Å². The molecule has 6 nitrogen and oxygen atoms in total. The zero-order valence-electron chi connectivity index (χ0n) is 13.8. The third kappa shape index (κ3) is 5.17. The summed E-state index contributed by atoms with van der Waals surface area (Å²) in [5.41, 5.74) is 1.60. The van der Waals surface area contributed by atoms with Gasteiger partial charge in [-0.3, -0.25) is 4.79 Å². The first-order chi connectivity index (χ1) is 12.3. The molecule has 2 heterocycles. The maximum atomic E-state index is 12.0. The smallest absolute Gasteiger partial charge is 0.271 e. The fourth-order valence-electron chi connectivity index (χ4n) is 2.36. The van der Waals surface area contributed by atoms with E-state index in [0.717, 1.165) is 19.4 Å². The van der Waals surface area contributed by atoms with E-state index in [0.29, 0.717) is 18.1 Å². The molecule has 25 heavy (non-hydrogen) atoms. The summed E-state index contributed by atoms with van der Waals surface area (Å²) in [4.78, 5) is 20.4. The quantitative estimate of drug-likeness (QED) is 0.618. The van der Waals surface area contributed by atoms with Gasteiger partial charge < -0.3 is 15.1 Å². The molecular weight excluding hydrogens is 316 g/mol. The van der Waals surface area contributed by atoms with E-state index < -0.39 is 0 Å². The Labute approximate surface area is 146 Å². The zero-order valence-corrected chi connectivity index (χ0v) is 13.8. The minimum Gasteiger partial charge on any atom is -0.467 e. The predicted molar refractivity (Wildman–Crippen MR) is 95.2 cm³/mol. The second kappa shape index (κ2) is 8.63. The molecular formula is C19H20N4O2. The van der Waals surface area contributed by atoms with Crippen LogP contribution in [-0.4, -0.2) is 22.4 Å². The summed E-state index contributed by atoms with van der Waals surface area (Å²) in [6.45, 7) is 1.13. The van der Waals surface area contributed by atoms with Crippen molar-refractivity contribution in [2.45, 2.75) is 19.4 Å². The molecule has 0 unspecified atom stereocenters. The largest absolute Gasteiger partial charge is 0.467 e. The number of aryl methyl sites for hydroxylation is 1. The Balaban J connectivity index is 1.41. The predicted octanol–water partition coefficient (Wildman–Crippen LogP) is 3.04. The fourth-order valence-corrected chi connectivity index (χ4v) is 2.36. The van der Waals surface area contributed by atoms with Crippen LogP contribution in [0, 0.1) is 0 Å². The Morgan fingerprint density at radius 1 is 1.04 bits per heavy atom. The molecule has 0 radical (unpaired) electrons. The Hall–Kier alpha value is -3.15. The standard InChI is InChI=1S/C19H20N4O2/c24-19(23-12-16-9-5-11-25-16)17-13-22-18(14-21-17)20-10-4-8-15-6-2-1-3-7-15/h1-3,5-7,9,11,13-14H,4,8,10,12H2,(H,20,22)(H,23,24). The second-order valence-corrected chi connectivity index (χ2v) is 5.56. The van der Waals surface area contributed by atoms with E-state index in [9.17, 15) is 4.79 Å². The SMILES string of the molecule is O=C(NCc1ccco1)c1cnc(NCCCc2ccccc2)cn1. The molecule has 0 spiro atoms. The Morgan fingerprint density at radius 2 is 1.92 bits per heavy atom. The minimum atomic E-state index is -0.278. The van der Waals surface area contributed by atoms with Crippen LogP contribution in [0.15, 0.2) is 65.5 Å². The monoisotopic (exact) mass is 336 g/mol. The lowest BCUT2D eigenvalue weighted by Crippen LogP contribution is -2.23. The molecule has 1 aromatic carbocycles. The number of hydrogen-bond donors (Lipinski definition) is 2. The molecule has 0 aliphatic carbocycles. The number of rotatable bonds is 8. The van der Waals surface area contributed by atoms with Crippen molar-refractivity contribution >= 4 is 11.7 Å². The van der Waals surface area contributed by atoms with Gasteiger partial charge in [0.15, 0.2) is 0 Å². The van der Waals surface area contributed by atoms with Gasteiger partial charge in [0.25, 0.3) is 5.91 Å². The molecule has 0 aliphatic rings. The summed E-state index contributed by atoms with van der Waals surface area (Å²) in [6.07, 6.45) is 6.62. The van der Waals surface area contributed by atoms with E-state index in [1.54, 1.807) is 24.6 Å². The van der Waals surface area contributed by atoms with Crippen LogP contribution in [0.25, 0.3) is 0 Å². The fraction of sp³-hybridized carbons (Fsp3) is 0.211. The molecule has 6 heteroatoms. The van der Waals surface area contributed by atoms with Crippen molar-refractivity contribution in [2.24, 2.45) is 0 Å². The van der Waals surface area contributed by atoms with E-state index in [1.807, 2.05) is 18.2 Å². The first-order valence-corrected chi connectivity index (χ1v) is 8.22. The highest BCUT2D eigenvalue weighted by Gasteiger charge is 2.08. The first-order valence-electron chi connectivity index (χ1n) is 8.22. The number of furan rings is 1. The zero-order chi connectivity index (χ0) is 17.3. The van der Waals surface area contributed by atoms with Gasteiger partial charge in [-0.25, -0.2) is 9.97 Å². The molecule has 128 valence electrons. The van der Waals surface area contributed by atoms with Crippen molar-refractivity contribution in [3.8, 4) is 0 Å². The van der Waals surface area contributed by atoms with Gasteiger partial charge in [0, 0.05) is 6.54 Å². The van der Waals surface area contributed by atoms with Crippen molar-refractivity contribution in [3.63, 3.8) is 0 Å². The maximum Gasteiger partial charge on any atom is 0.271 e. The molecule has 0 aliphatic heterocycles. The Bertz CT molecular complexity index is 771. The van der Waals surface area contributed by atoms with Gasteiger partial charge in [-0.1, -0.05) is 30.3 Å². The minimum absolute atomic E-state index is 0.278. The van der Waals surface area contributed by atoms with Crippen molar-refractivity contribution in [3.05, 3.63) is 78.1 Å². The average Bonchev–Trinajstić information content (AvgIpc) is 3.18.